The average Bonchev–Trinajstić information content (AvgIpc) is 2.99. The fourth-order valence-corrected chi connectivity index (χ4v) is 3.46. The molecule has 5 nitrogen and oxygen atoms in total. The molecule has 0 saturated heterocycles. The van der Waals surface area contributed by atoms with Gasteiger partial charge in [0.1, 0.15) is 5.75 Å². The molecule has 0 radical (unpaired) electrons. The summed E-state index contributed by atoms with van der Waals surface area (Å²) in [5.74, 6) is 0.389. The fourth-order valence-electron chi connectivity index (χ4n) is 2.42. The summed E-state index contributed by atoms with van der Waals surface area (Å²) in [6.45, 7) is 2.42. The van der Waals surface area contributed by atoms with E-state index in [0.717, 1.165) is 25.0 Å². The van der Waals surface area contributed by atoms with E-state index in [1.807, 2.05) is 6.92 Å². The molecule has 1 aliphatic carbocycles. The SMILES string of the molecule is CCOc1cc(N)cc(C(=O)Nc2nc3c(s2)CCC3)c1. The Morgan fingerprint density at radius 1 is 1.43 bits per heavy atom. The molecule has 110 valence electrons. The van der Waals surface area contributed by atoms with Crippen LogP contribution in [0.25, 0.3) is 0 Å². The number of thiazole rings is 1. The fraction of sp³-hybridized carbons (Fsp3) is 0.333. The average molecular weight is 303 g/mol. The lowest BCUT2D eigenvalue weighted by atomic mass is 10.2. The standard InChI is InChI=1S/C15H17N3O2S/c1-2-20-11-7-9(6-10(16)8-11)14(19)18-15-17-12-4-3-5-13(12)21-15/h6-8H,2-5,16H2,1H3,(H,17,18,19). The molecule has 1 heterocycles. The first-order chi connectivity index (χ1) is 10.2. The van der Waals surface area contributed by atoms with Crippen LogP contribution >= 0.6 is 11.3 Å². The number of nitrogens with one attached hydrogen (secondary N) is 1. The van der Waals surface area contributed by atoms with E-state index < -0.39 is 0 Å². The van der Waals surface area contributed by atoms with Gasteiger partial charge in [-0.05, 0) is 38.3 Å². The number of fused-ring (bicyclic) bond motifs is 1. The number of aromatic nitrogens is 1. The molecule has 1 aromatic heterocycles. The Bertz CT molecular complexity index is 660. The third-order valence-corrected chi connectivity index (χ3v) is 4.39. The van der Waals surface area contributed by atoms with Crippen molar-refractivity contribution < 1.29 is 9.53 Å². The molecule has 0 aliphatic heterocycles. The molecule has 1 aliphatic rings. The molecule has 21 heavy (non-hydrogen) atoms. The number of anilines is 2. The molecule has 0 fully saturated rings. The highest BCUT2D eigenvalue weighted by molar-refractivity contribution is 7.15. The number of benzene rings is 1. The number of aryl methyl sites for hydroxylation is 2. The molecule has 0 spiro atoms. The van der Waals surface area contributed by atoms with Crippen LogP contribution in [0.5, 0.6) is 5.75 Å². The van der Waals surface area contributed by atoms with Crippen LogP contribution in [0, 0.1) is 0 Å². The molecule has 3 rings (SSSR count). The summed E-state index contributed by atoms with van der Waals surface area (Å²) >= 11 is 1.56. The van der Waals surface area contributed by atoms with Gasteiger partial charge in [0.2, 0.25) is 0 Å². The number of rotatable bonds is 4. The lowest BCUT2D eigenvalue weighted by molar-refractivity contribution is 0.102. The molecule has 1 aromatic carbocycles. The zero-order chi connectivity index (χ0) is 14.8. The van der Waals surface area contributed by atoms with Gasteiger partial charge in [-0.1, -0.05) is 0 Å². The molecular weight excluding hydrogens is 286 g/mol. The number of hydrogen-bond donors (Lipinski definition) is 2. The van der Waals surface area contributed by atoms with Gasteiger partial charge in [-0.25, -0.2) is 4.98 Å². The quantitative estimate of drug-likeness (QED) is 0.851. The number of nitrogen functional groups attached to an aromatic ring is 1. The van der Waals surface area contributed by atoms with Crippen LogP contribution in [-0.2, 0) is 12.8 Å². The summed E-state index contributed by atoms with van der Waals surface area (Å²) in [6, 6.07) is 5.04. The van der Waals surface area contributed by atoms with Crippen molar-refractivity contribution >= 4 is 28.1 Å². The second-order valence-electron chi connectivity index (χ2n) is 4.92. The summed E-state index contributed by atoms with van der Waals surface area (Å²) < 4.78 is 5.40. The van der Waals surface area contributed by atoms with Crippen molar-refractivity contribution in [2.75, 3.05) is 17.7 Å². The number of ether oxygens (including phenoxy) is 1. The monoisotopic (exact) mass is 303 g/mol. The second kappa shape index (κ2) is 5.73. The van der Waals surface area contributed by atoms with E-state index in [2.05, 4.69) is 10.3 Å². The van der Waals surface area contributed by atoms with Gasteiger partial charge in [0.25, 0.3) is 5.91 Å². The Balaban J connectivity index is 1.78. The number of nitrogens with zero attached hydrogens (tertiary/aromatic N) is 1. The lowest BCUT2D eigenvalue weighted by Gasteiger charge is -2.07. The van der Waals surface area contributed by atoms with E-state index >= 15 is 0 Å². The van der Waals surface area contributed by atoms with E-state index in [9.17, 15) is 4.79 Å². The first-order valence-corrected chi connectivity index (χ1v) is 7.80. The van der Waals surface area contributed by atoms with E-state index in [4.69, 9.17) is 10.5 Å². The van der Waals surface area contributed by atoms with Gasteiger partial charge >= 0.3 is 0 Å². The third-order valence-electron chi connectivity index (χ3n) is 3.32. The van der Waals surface area contributed by atoms with Crippen molar-refractivity contribution in [1.29, 1.82) is 0 Å². The first-order valence-electron chi connectivity index (χ1n) is 6.99. The van der Waals surface area contributed by atoms with Crippen molar-refractivity contribution in [2.45, 2.75) is 26.2 Å². The van der Waals surface area contributed by atoms with E-state index in [1.54, 1.807) is 29.5 Å². The minimum Gasteiger partial charge on any atom is -0.494 e. The highest BCUT2D eigenvalue weighted by Crippen LogP contribution is 2.30. The van der Waals surface area contributed by atoms with Crippen molar-refractivity contribution in [3.05, 3.63) is 34.3 Å². The van der Waals surface area contributed by atoms with Crippen LogP contribution in [0.1, 0.15) is 34.3 Å². The predicted octanol–water partition coefficient (Wildman–Crippen LogP) is 2.87. The molecule has 1 amide bonds. The summed E-state index contributed by atoms with van der Waals surface area (Å²) in [7, 11) is 0. The number of carbonyl (C=O) groups is 1. The normalized spacial score (nSPS) is 13.0. The van der Waals surface area contributed by atoms with Crippen LogP contribution in [0.3, 0.4) is 0 Å². The summed E-state index contributed by atoms with van der Waals surface area (Å²) in [6.07, 6.45) is 3.24. The predicted molar refractivity (Wildman–Crippen MR) is 84.1 cm³/mol. The summed E-state index contributed by atoms with van der Waals surface area (Å²) in [5, 5.41) is 3.50. The largest absolute Gasteiger partial charge is 0.494 e. The number of amides is 1. The van der Waals surface area contributed by atoms with Crippen molar-refractivity contribution in [3.8, 4) is 5.75 Å². The van der Waals surface area contributed by atoms with Gasteiger partial charge in [0.05, 0.1) is 12.3 Å². The van der Waals surface area contributed by atoms with Crippen molar-refractivity contribution in [1.82, 2.24) is 4.98 Å². The molecule has 0 bridgehead atoms. The Morgan fingerprint density at radius 3 is 3.05 bits per heavy atom. The zero-order valence-corrected chi connectivity index (χ0v) is 12.6. The molecular formula is C15H17N3O2S. The molecule has 2 aromatic rings. The Kier molecular flexibility index (Phi) is 3.79. The van der Waals surface area contributed by atoms with Gasteiger partial charge in [-0.15, -0.1) is 11.3 Å². The zero-order valence-electron chi connectivity index (χ0n) is 11.8. The first kappa shape index (κ1) is 13.9. The number of hydrogen-bond acceptors (Lipinski definition) is 5. The van der Waals surface area contributed by atoms with Crippen LogP contribution in [0.15, 0.2) is 18.2 Å². The van der Waals surface area contributed by atoms with Crippen LogP contribution < -0.4 is 15.8 Å². The van der Waals surface area contributed by atoms with Gasteiger partial charge in [-0.2, -0.15) is 0 Å². The van der Waals surface area contributed by atoms with Gasteiger partial charge in [-0.3, -0.25) is 10.1 Å². The van der Waals surface area contributed by atoms with E-state index in [-0.39, 0.29) is 5.91 Å². The van der Waals surface area contributed by atoms with Gasteiger partial charge in [0, 0.05) is 22.2 Å². The third kappa shape index (κ3) is 3.00. The van der Waals surface area contributed by atoms with Crippen LogP contribution in [0.4, 0.5) is 10.8 Å². The maximum absolute atomic E-state index is 12.3. The Hall–Kier alpha value is -2.08. The van der Waals surface area contributed by atoms with E-state index in [1.165, 1.54) is 4.88 Å². The molecule has 0 saturated carbocycles. The van der Waals surface area contributed by atoms with Crippen LogP contribution in [0.2, 0.25) is 0 Å². The van der Waals surface area contributed by atoms with Crippen molar-refractivity contribution in [2.24, 2.45) is 0 Å². The topological polar surface area (TPSA) is 77.2 Å². The molecule has 3 N–H and O–H groups in total. The second-order valence-corrected chi connectivity index (χ2v) is 6.00. The summed E-state index contributed by atoms with van der Waals surface area (Å²) in [5.41, 5.74) is 7.92. The minimum absolute atomic E-state index is 0.212. The molecule has 0 atom stereocenters. The molecule has 6 heteroatoms. The highest BCUT2D eigenvalue weighted by Gasteiger charge is 2.18. The van der Waals surface area contributed by atoms with Gasteiger partial charge in [0.15, 0.2) is 5.13 Å². The number of carbonyl (C=O) groups excluding carboxylic acids is 1. The van der Waals surface area contributed by atoms with Crippen molar-refractivity contribution in [3.63, 3.8) is 0 Å². The minimum atomic E-state index is -0.212. The van der Waals surface area contributed by atoms with E-state index in [0.29, 0.717) is 28.7 Å². The summed E-state index contributed by atoms with van der Waals surface area (Å²) in [4.78, 5) is 18.0. The molecule has 0 unspecified atom stereocenters. The van der Waals surface area contributed by atoms with Crippen LogP contribution in [-0.4, -0.2) is 17.5 Å². The highest BCUT2D eigenvalue weighted by atomic mass is 32.1. The lowest BCUT2D eigenvalue weighted by Crippen LogP contribution is -2.12. The Labute approximate surface area is 127 Å². The number of nitrogens with two attached hydrogens (primary N) is 1. The maximum atomic E-state index is 12.3. The Morgan fingerprint density at radius 2 is 2.29 bits per heavy atom. The smallest absolute Gasteiger partial charge is 0.257 e. The van der Waals surface area contributed by atoms with Gasteiger partial charge < -0.3 is 10.5 Å². The maximum Gasteiger partial charge on any atom is 0.257 e.